The van der Waals surface area contributed by atoms with E-state index in [1.54, 1.807) is 26.0 Å². The molecule has 1 amide bonds. The number of carbonyl (C=O) groups excluding carboxylic acids is 1. The number of amides is 1. The highest BCUT2D eigenvalue weighted by atomic mass is 32.2. The Morgan fingerprint density at radius 3 is 2.81 bits per heavy atom. The minimum absolute atomic E-state index is 0.0865. The van der Waals surface area contributed by atoms with Crippen molar-refractivity contribution in [2.45, 2.75) is 11.8 Å². The second kappa shape index (κ2) is 7.60. The molecular weight excluding hydrogens is 366 g/mol. The number of rotatable bonds is 6. The number of thioether (sulfide) groups is 1. The fraction of sp³-hybridized carbons (Fsp3) is 0.350. The minimum atomic E-state index is -0.0865. The van der Waals surface area contributed by atoms with E-state index < -0.39 is 0 Å². The maximum absolute atomic E-state index is 12.5. The van der Waals surface area contributed by atoms with Crippen molar-refractivity contribution >= 4 is 17.7 Å². The lowest BCUT2D eigenvalue weighted by molar-refractivity contribution is -0.128. The number of nitrogens with zero attached hydrogens (tertiary/aromatic N) is 1. The first-order valence-corrected chi connectivity index (χ1v) is 9.76. The van der Waals surface area contributed by atoms with E-state index >= 15 is 0 Å². The van der Waals surface area contributed by atoms with Gasteiger partial charge in [0.25, 0.3) is 0 Å². The molecule has 0 N–H and O–H groups in total. The summed E-state index contributed by atoms with van der Waals surface area (Å²) in [4.78, 5) is 14.4. The average molecular weight is 387 g/mol. The van der Waals surface area contributed by atoms with Crippen molar-refractivity contribution in [2.75, 3.05) is 33.3 Å². The Hall–Kier alpha value is -2.54. The van der Waals surface area contributed by atoms with Crippen molar-refractivity contribution in [3.8, 4) is 23.0 Å². The number of para-hydroxylation sites is 1. The van der Waals surface area contributed by atoms with Gasteiger partial charge in [-0.3, -0.25) is 4.79 Å². The Balaban J connectivity index is 1.54. The van der Waals surface area contributed by atoms with Crippen molar-refractivity contribution in [3.63, 3.8) is 0 Å². The standard InChI is InChI=1S/C20H21NO5S/c1-23-16-5-3-4-14(19(16)24-2)20-21(18(22)11-27-20)9-8-13-6-7-15-17(10-13)26-12-25-15/h3-7,10,20H,8-9,11-12H2,1-2H3. The second-order valence-corrected chi connectivity index (χ2v) is 7.34. The lowest BCUT2D eigenvalue weighted by atomic mass is 10.1. The van der Waals surface area contributed by atoms with Gasteiger partial charge in [-0.25, -0.2) is 0 Å². The number of hydrogen-bond donors (Lipinski definition) is 0. The first-order valence-electron chi connectivity index (χ1n) is 8.71. The van der Waals surface area contributed by atoms with Crippen LogP contribution in [-0.2, 0) is 11.2 Å². The van der Waals surface area contributed by atoms with Gasteiger partial charge in [0, 0.05) is 12.1 Å². The minimum Gasteiger partial charge on any atom is -0.493 e. The van der Waals surface area contributed by atoms with Crippen LogP contribution in [0.3, 0.4) is 0 Å². The van der Waals surface area contributed by atoms with Crippen LogP contribution in [-0.4, -0.2) is 44.1 Å². The van der Waals surface area contributed by atoms with E-state index in [1.165, 1.54) is 0 Å². The summed E-state index contributed by atoms with van der Waals surface area (Å²) < 4.78 is 21.8. The molecule has 1 unspecified atom stereocenters. The van der Waals surface area contributed by atoms with Crippen LogP contribution in [0.25, 0.3) is 0 Å². The third kappa shape index (κ3) is 3.39. The molecule has 0 radical (unpaired) electrons. The van der Waals surface area contributed by atoms with Gasteiger partial charge in [-0.05, 0) is 30.2 Å². The summed E-state index contributed by atoms with van der Waals surface area (Å²) in [5, 5.41) is -0.0865. The van der Waals surface area contributed by atoms with Crippen LogP contribution in [0.4, 0.5) is 0 Å². The lowest BCUT2D eigenvalue weighted by Gasteiger charge is -2.26. The summed E-state index contributed by atoms with van der Waals surface area (Å²) in [6.07, 6.45) is 0.742. The molecule has 0 aliphatic carbocycles. The molecule has 142 valence electrons. The summed E-state index contributed by atoms with van der Waals surface area (Å²) in [7, 11) is 3.24. The van der Waals surface area contributed by atoms with E-state index in [1.807, 2.05) is 41.3 Å². The third-order valence-corrected chi connectivity index (χ3v) is 5.98. The van der Waals surface area contributed by atoms with Gasteiger partial charge in [0.2, 0.25) is 12.7 Å². The number of methoxy groups -OCH3 is 2. The highest BCUT2D eigenvalue weighted by Gasteiger charge is 2.35. The predicted molar refractivity (Wildman–Crippen MR) is 103 cm³/mol. The van der Waals surface area contributed by atoms with E-state index in [0.29, 0.717) is 23.8 Å². The normalized spacial score (nSPS) is 18.1. The Morgan fingerprint density at radius 2 is 2.00 bits per heavy atom. The molecule has 0 spiro atoms. The van der Waals surface area contributed by atoms with Crippen molar-refractivity contribution in [2.24, 2.45) is 0 Å². The van der Waals surface area contributed by atoms with Crippen LogP contribution in [0, 0.1) is 0 Å². The zero-order valence-corrected chi connectivity index (χ0v) is 16.1. The highest BCUT2D eigenvalue weighted by Crippen LogP contribution is 2.45. The van der Waals surface area contributed by atoms with Gasteiger partial charge in [-0.15, -0.1) is 11.8 Å². The molecule has 7 heteroatoms. The average Bonchev–Trinajstić information content (AvgIpc) is 3.31. The molecule has 6 nitrogen and oxygen atoms in total. The zero-order chi connectivity index (χ0) is 18.8. The number of carbonyl (C=O) groups is 1. The summed E-state index contributed by atoms with van der Waals surface area (Å²) >= 11 is 1.61. The molecule has 2 heterocycles. The number of hydrogen-bond acceptors (Lipinski definition) is 6. The molecule has 4 rings (SSSR count). The Labute approximate surface area is 162 Å². The van der Waals surface area contributed by atoms with Gasteiger partial charge in [-0.2, -0.15) is 0 Å². The van der Waals surface area contributed by atoms with Gasteiger partial charge in [0.1, 0.15) is 5.37 Å². The lowest BCUT2D eigenvalue weighted by Crippen LogP contribution is -2.30. The van der Waals surface area contributed by atoms with Crippen LogP contribution in [0.15, 0.2) is 36.4 Å². The topological polar surface area (TPSA) is 57.2 Å². The van der Waals surface area contributed by atoms with E-state index in [9.17, 15) is 4.79 Å². The first-order chi connectivity index (χ1) is 13.2. The Bertz CT molecular complexity index is 856. The van der Waals surface area contributed by atoms with Crippen LogP contribution in [0.1, 0.15) is 16.5 Å². The van der Waals surface area contributed by atoms with Crippen LogP contribution >= 0.6 is 11.8 Å². The quantitative estimate of drug-likeness (QED) is 0.758. The van der Waals surface area contributed by atoms with Crippen LogP contribution in [0.5, 0.6) is 23.0 Å². The van der Waals surface area contributed by atoms with Crippen LogP contribution < -0.4 is 18.9 Å². The molecule has 1 fully saturated rings. The van der Waals surface area contributed by atoms with Gasteiger partial charge in [-0.1, -0.05) is 18.2 Å². The maximum Gasteiger partial charge on any atom is 0.233 e. The molecule has 27 heavy (non-hydrogen) atoms. The molecule has 2 aromatic carbocycles. The zero-order valence-electron chi connectivity index (χ0n) is 15.3. The van der Waals surface area contributed by atoms with Crippen molar-refractivity contribution in [1.29, 1.82) is 0 Å². The Kier molecular flexibility index (Phi) is 5.03. The van der Waals surface area contributed by atoms with E-state index in [4.69, 9.17) is 18.9 Å². The van der Waals surface area contributed by atoms with Crippen molar-refractivity contribution in [3.05, 3.63) is 47.5 Å². The summed E-state index contributed by atoms with van der Waals surface area (Å²) in [6.45, 7) is 0.883. The van der Waals surface area contributed by atoms with Gasteiger partial charge >= 0.3 is 0 Å². The fourth-order valence-electron chi connectivity index (χ4n) is 3.41. The molecule has 2 aliphatic rings. The molecule has 0 bridgehead atoms. The monoisotopic (exact) mass is 387 g/mol. The molecule has 1 saturated heterocycles. The van der Waals surface area contributed by atoms with Crippen LogP contribution in [0.2, 0.25) is 0 Å². The number of ether oxygens (including phenoxy) is 4. The van der Waals surface area contributed by atoms with E-state index in [2.05, 4.69) is 0 Å². The fourth-order valence-corrected chi connectivity index (χ4v) is 4.64. The largest absolute Gasteiger partial charge is 0.493 e. The van der Waals surface area contributed by atoms with Gasteiger partial charge in [0.05, 0.1) is 20.0 Å². The maximum atomic E-state index is 12.5. The van der Waals surface area contributed by atoms with Crippen molar-refractivity contribution in [1.82, 2.24) is 4.90 Å². The van der Waals surface area contributed by atoms with Gasteiger partial charge in [0.15, 0.2) is 23.0 Å². The third-order valence-electron chi connectivity index (χ3n) is 4.75. The smallest absolute Gasteiger partial charge is 0.233 e. The molecule has 1 atom stereocenters. The Morgan fingerprint density at radius 1 is 1.15 bits per heavy atom. The van der Waals surface area contributed by atoms with E-state index in [-0.39, 0.29) is 18.1 Å². The SMILES string of the molecule is COc1cccc(C2SCC(=O)N2CCc2ccc3c(c2)OCO3)c1OC. The predicted octanol–water partition coefficient (Wildman–Crippen LogP) is 3.25. The summed E-state index contributed by atoms with van der Waals surface area (Å²) in [6, 6.07) is 11.7. The number of fused-ring (bicyclic) bond motifs is 1. The molecule has 0 saturated carbocycles. The molecule has 2 aliphatic heterocycles. The molecule has 2 aromatic rings. The number of benzene rings is 2. The van der Waals surface area contributed by atoms with Gasteiger partial charge < -0.3 is 23.8 Å². The summed E-state index contributed by atoms with van der Waals surface area (Å²) in [5.74, 6) is 3.49. The highest BCUT2D eigenvalue weighted by molar-refractivity contribution is 8.00. The first kappa shape index (κ1) is 17.9. The second-order valence-electron chi connectivity index (χ2n) is 6.27. The van der Waals surface area contributed by atoms with E-state index in [0.717, 1.165) is 29.0 Å². The molecular formula is C20H21NO5S. The van der Waals surface area contributed by atoms with Crippen molar-refractivity contribution < 1.29 is 23.7 Å². The molecule has 0 aromatic heterocycles. The summed E-state index contributed by atoms with van der Waals surface area (Å²) in [5.41, 5.74) is 2.07.